The van der Waals surface area contributed by atoms with Gasteiger partial charge < -0.3 is 4.74 Å². The van der Waals surface area contributed by atoms with Crippen molar-refractivity contribution in [1.29, 1.82) is 5.41 Å². The molecule has 2 nitrogen and oxygen atoms in total. The van der Waals surface area contributed by atoms with Gasteiger partial charge in [0.1, 0.15) is 5.82 Å². The van der Waals surface area contributed by atoms with Gasteiger partial charge in [-0.1, -0.05) is 24.3 Å². The van der Waals surface area contributed by atoms with Crippen LogP contribution in [0.25, 0.3) is 10.8 Å². The molecule has 0 bridgehead atoms. The Hall–Kier alpha value is -1.61. The van der Waals surface area contributed by atoms with E-state index in [0.29, 0.717) is 6.61 Å². The van der Waals surface area contributed by atoms with Gasteiger partial charge in [-0.3, -0.25) is 5.41 Å². The van der Waals surface area contributed by atoms with Crippen LogP contribution >= 0.6 is 12.4 Å². The number of rotatable bonds is 2. The van der Waals surface area contributed by atoms with Crippen molar-refractivity contribution in [2.75, 3.05) is 6.61 Å². The van der Waals surface area contributed by atoms with Gasteiger partial charge in [0.25, 0.3) is 0 Å². The molecule has 0 saturated heterocycles. The van der Waals surface area contributed by atoms with Crippen LogP contribution in [0.1, 0.15) is 12.5 Å². The van der Waals surface area contributed by atoms with Crippen LogP contribution in [-0.2, 0) is 4.74 Å². The SMILES string of the molecule is CCOC(=N)c1cc2ccccc2cc1F.Cl. The summed E-state index contributed by atoms with van der Waals surface area (Å²) in [5, 5.41) is 9.32. The molecule has 0 aliphatic rings. The summed E-state index contributed by atoms with van der Waals surface area (Å²) >= 11 is 0. The van der Waals surface area contributed by atoms with Gasteiger partial charge in [0, 0.05) is 0 Å². The summed E-state index contributed by atoms with van der Waals surface area (Å²) in [5.41, 5.74) is 0.209. The Morgan fingerprint density at radius 2 is 1.82 bits per heavy atom. The fraction of sp³-hybridized carbons (Fsp3) is 0.154. The quantitative estimate of drug-likeness (QED) is 0.642. The Morgan fingerprint density at radius 3 is 2.41 bits per heavy atom. The summed E-state index contributed by atoms with van der Waals surface area (Å²) in [6, 6.07) is 10.5. The fourth-order valence-corrected chi connectivity index (χ4v) is 1.61. The molecule has 0 spiro atoms. The number of nitrogens with one attached hydrogen (secondary N) is 1. The average molecular weight is 254 g/mol. The summed E-state index contributed by atoms with van der Waals surface area (Å²) in [4.78, 5) is 0. The Morgan fingerprint density at radius 1 is 1.24 bits per heavy atom. The van der Waals surface area contributed by atoms with Gasteiger partial charge in [0.2, 0.25) is 5.90 Å². The van der Waals surface area contributed by atoms with Gasteiger partial charge in [-0.05, 0) is 29.8 Å². The van der Waals surface area contributed by atoms with Crippen LogP contribution in [0.4, 0.5) is 4.39 Å². The normalized spacial score (nSPS) is 9.76. The smallest absolute Gasteiger partial charge is 0.216 e. The summed E-state index contributed by atoms with van der Waals surface area (Å²) in [6.07, 6.45) is 0. The van der Waals surface area contributed by atoms with E-state index in [1.165, 1.54) is 6.07 Å². The van der Waals surface area contributed by atoms with Crippen molar-refractivity contribution >= 4 is 29.1 Å². The molecule has 90 valence electrons. The second kappa shape index (κ2) is 5.64. The number of halogens is 2. The summed E-state index contributed by atoms with van der Waals surface area (Å²) in [5.74, 6) is -0.539. The van der Waals surface area contributed by atoms with Gasteiger partial charge in [-0.15, -0.1) is 12.4 Å². The lowest BCUT2D eigenvalue weighted by Gasteiger charge is -2.07. The topological polar surface area (TPSA) is 33.1 Å². The van der Waals surface area contributed by atoms with Crippen molar-refractivity contribution < 1.29 is 9.13 Å². The predicted molar refractivity (Wildman–Crippen MR) is 69.6 cm³/mol. The van der Waals surface area contributed by atoms with Gasteiger partial charge >= 0.3 is 0 Å². The van der Waals surface area contributed by atoms with E-state index in [1.54, 1.807) is 13.0 Å². The summed E-state index contributed by atoms with van der Waals surface area (Å²) < 4.78 is 18.7. The second-order valence-electron chi connectivity index (χ2n) is 3.44. The highest BCUT2D eigenvalue weighted by molar-refractivity contribution is 5.97. The van der Waals surface area contributed by atoms with Crippen molar-refractivity contribution in [3.05, 3.63) is 47.8 Å². The highest BCUT2D eigenvalue weighted by Gasteiger charge is 2.10. The van der Waals surface area contributed by atoms with E-state index in [4.69, 9.17) is 10.1 Å². The molecule has 0 aliphatic carbocycles. The standard InChI is InChI=1S/C13H12FNO.ClH/c1-2-16-13(15)11-7-9-5-3-4-6-10(9)8-12(11)14;/h3-8,15H,2H2,1H3;1H. The maximum atomic E-state index is 13.7. The number of benzene rings is 2. The molecule has 0 heterocycles. The van der Waals surface area contributed by atoms with Crippen LogP contribution < -0.4 is 0 Å². The predicted octanol–water partition coefficient (Wildman–Crippen LogP) is 3.76. The third-order valence-corrected chi connectivity index (χ3v) is 2.37. The van der Waals surface area contributed by atoms with Gasteiger partial charge in [0.15, 0.2) is 0 Å². The van der Waals surface area contributed by atoms with E-state index < -0.39 is 5.82 Å². The third-order valence-electron chi connectivity index (χ3n) is 2.37. The van der Waals surface area contributed by atoms with Gasteiger partial charge in [-0.25, -0.2) is 4.39 Å². The second-order valence-corrected chi connectivity index (χ2v) is 3.44. The minimum absolute atomic E-state index is 0. The van der Waals surface area contributed by atoms with Gasteiger partial charge in [-0.2, -0.15) is 0 Å². The first kappa shape index (κ1) is 13.5. The first-order chi connectivity index (χ1) is 7.72. The molecule has 0 aliphatic heterocycles. The van der Waals surface area contributed by atoms with Crippen molar-refractivity contribution in [2.24, 2.45) is 0 Å². The highest BCUT2D eigenvalue weighted by Crippen LogP contribution is 2.19. The number of hydrogen-bond donors (Lipinski definition) is 1. The molecule has 0 atom stereocenters. The van der Waals surface area contributed by atoms with Crippen LogP contribution in [-0.4, -0.2) is 12.5 Å². The average Bonchev–Trinajstić information content (AvgIpc) is 2.28. The Balaban J connectivity index is 0.00000144. The molecule has 2 aromatic rings. The zero-order chi connectivity index (χ0) is 11.5. The maximum Gasteiger partial charge on any atom is 0.216 e. The Bertz CT molecular complexity index is 542. The highest BCUT2D eigenvalue weighted by atomic mass is 35.5. The lowest BCUT2D eigenvalue weighted by Crippen LogP contribution is -2.07. The third kappa shape index (κ3) is 2.74. The molecule has 17 heavy (non-hydrogen) atoms. The largest absolute Gasteiger partial charge is 0.478 e. The molecule has 1 N–H and O–H groups in total. The van der Waals surface area contributed by atoms with E-state index in [1.807, 2.05) is 24.3 Å². The molecule has 0 fully saturated rings. The van der Waals surface area contributed by atoms with Crippen LogP contribution in [0.15, 0.2) is 36.4 Å². The van der Waals surface area contributed by atoms with E-state index in [2.05, 4.69) is 0 Å². The minimum Gasteiger partial charge on any atom is -0.478 e. The number of ether oxygens (including phenoxy) is 1. The van der Waals surface area contributed by atoms with Crippen LogP contribution in [0.3, 0.4) is 0 Å². The molecule has 0 amide bonds. The molecule has 2 aromatic carbocycles. The van der Waals surface area contributed by atoms with Crippen molar-refractivity contribution in [3.8, 4) is 0 Å². The van der Waals surface area contributed by atoms with Crippen LogP contribution in [0.5, 0.6) is 0 Å². The van der Waals surface area contributed by atoms with E-state index in [9.17, 15) is 4.39 Å². The first-order valence-electron chi connectivity index (χ1n) is 5.12. The molecule has 2 rings (SSSR count). The van der Waals surface area contributed by atoms with Crippen molar-refractivity contribution in [2.45, 2.75) is 6.92 Å². The lowest BCUT2D eigenvalue weighted by atomic mass is 10.1. The molecule has 0 saturated carbocycles. The zero-order valence-electron chi connectivity index (χ0n) is 9.37. The van der Waals surface area contributed by atoms with E-state index in [-0.39, 0.29) is 23.9 Å². The fourth-order valence-electron chi connectivity index (χ4n) is 1.61. The molecule has 0 unspecified atom stereocenters. The molecular formula is C13H13ClFNO. The van der Waals surface area contributed by atoms with E-state index >= 15 is 0 Å². The van der Waals surface area contributed by atoms with Crippen molar-refractivity contribution in [3.63, 3.8) is 0 Å². The summed E-state index contributed by atoms with van der Waals surface area (Å²) in [7, 11) is 0. The van der Waals surface area contributed by atoms with E-state index in [0.717, 1.165) is 10.8 Å². The van der Waals surface area contributed by atoms with Crippen LogP contribution in [0.2, 0.25) is 0 Å². The summed E-state index contributed by atoms with van der Waals surface area (Å²) in [6.45, 7) is 2.14. The number of fused-ring (bicyclic) bond motifs is 1. The Kier molecular flexibility index (Phi) is 4.46. The first-order valence-corrected chi connectivity index (χ1v) is 5.12. The lowest BCUT2D eigenvalue weighted by molar-refractivity contribution is 0.324. The Labute approximate surface area is 105 Å². The van der Waals surface area contributed by atoms with Crippen LogP contribution in [0, 0.1) is 11.2 Å². The zero-order valence-corrected chi connectivity index (χ0v) is 10.2. The monoisotopic (exact) mass is 253 g/mol. The molecular weight excluding hydrogens is 241 g/mol. The minimum atomic E-state index is -0.419. The van der Waals surface area contributed by atoms with Crippen molar-refractivity contribution in [1.82, 2.24) is 0 Å². The molecule has 4 heteroatoms. The maximum absolute atomic E-state index is 13.7. The molecule has 0 aromatic heterocycles. The number of hydrogen-bond acceptors (Lipinski definition) is 2. The molecule has 0 radical (unpaired) electrons. The van der Waals surface area contributed by atoms with Gasteiger partial charge in [0.05, 0.1) is 12.2 Å².